The molecule has 0 saturated heterocycles. The van der Waals surface area contributed by atoms with Crippen molar-refractivity contribution in [3.63, 3.8) is 0 Å². The van der Waals surface area contributed by atoms with E-state index < -0.39 is 0 Å². The van der Waals surface area contributed by atoms with Crippen molar-refractivity contribution in [3.8, 4) is 0 Å². The Morgan fingerprint density at radius 1 is 1.39 bits per heavy atom. The Kier molecular flexibility index (Phi) is 4.65. The number of carbonyl (C=O) groups is 1. The zero-order valence-corrected chi connectivity index (χ0v) is 11.7. The number of fused-ring (bicyclic) bond motifs is 1. The first-order chi connectivity index (χ1) is 8.72. The van der Waals surface area contributed by atoms with Gasteiger partial charge in [-0.25, -0.2) is 0 Å². The lowest BCUT2D eigenvalue weighted by molar-refractivity contribution is -0.118. The predicted octanol–water partition coefficient (Wildman–Crippen LogP) is 3.68. The first-order valence-electron chi connectivity index (χ1n) is 6.68. The van der Waals surface area contributed by atoms with Gasteiger partial charge in [0.1, 0.15) is 0 Å². The van der Waals surface area contributed by atoms with Crippen molar-refractivity contribution in [2.45, 2.75) is 39.0 Å². The summed E-state index contributed by atoms with van der Waals surface area (Å²) in [5, 5.41) is 0. The Hall–Kier alpha value is -1.02. The van der Waals surface area contributed by atoms with Gasteiger partial charge in [0.25, 0.3) is 0 Å². The Balaban J connectivity index is 2.09. The molecule has 0 N–H and O–H groups in total. The van der Waals surface area contributed by atoms with Crippen LogP contribution >= 0.6 is 11.6 Å². The third kappa shape index (κ3) is 3.05. The van der Waals surface area contributed by atoms with E-state index >= 15 is 0 Å². The molecule has 0 bridgehead atoms. The first-order valence-corrected chi connectivity index (χ1v) is 7.21. The molecule has 0 unspecified atom stereocenters. The number of anilines is 1. The Bertz CT molecular complexity index is 431. The molecule has 0 aromatic heterocycles. The van der Waals surface area contributed by atoms with Crippen LogP contribution in [0.3, 0.4) is 0 Å². The van der Waals surface area contributed by atoms with Crippen LogP contribution in [0.5, 0.6) is 0 Å². The summed E-state index contributed by atoms with van der Waals surface area (Å²) < 4.78 is 0. The standard InChI is InChI=1S/C15H20ClNO/c1-12-7-8-14-13(11-12)5-4-10-17(14)15(18)6-2-3-9-16/h7-8,11H,2-6,9-10H2,1H3. The summed E-state index contributed by atoms with van der Waals surface area (Å²) in [5.41, 5.74) is 3.69. The summed E-state index contributed by atoms with van der Waals surface area (Å²) in [6.07, 6.45) is 4.57. The lowest BCUT2D eigenvalue weighted by Gasteiger charge is -2.30. The number of benzene rings is 1. The maximum Gasteiger partial charge on any atom is 0.226 e. The van der Waals surface area contributed by atoms with Gasteiger partial charge in [0.15, 0.2) is 0 Å². The summed E-state index contributed by atoms with van der Waals surface area (Å²) in [4.78, 5) is 14.2. The minimum absolute atomic E-state index is 0.241. The molecule has 0 saturated carbocycles. The Morgan fingerprint density at radius 3 is 3.00 bits per heavy atom. The van der Waals surface area contributed by atoms with Crippen LogP contribution in [0.25, 0.3) is 0 Å². The molecule has 0 aliphatic carbocycles. The van der Waals surface area contributed by atoms with Crippen molar-refractivity contribution in [3.05, 3.63) is 29.3 Å². The monoisotopic (exact) mass is 265 g/mol. The van der Waals surface area contributed by atoms with E-state index in [0.717, 1.165) is 37.9 Å². The van der Waals surface area contributed by atoms with Gasteiger partial charge < -0.3 is 4.90 Å². The maximum absolute atomic E-state index is 12.2. The van der Waals surface area contributed by atoms with Gasteiger partial charge in [-0.2, -0.15) is 0 Å². The van der Waals surface area contributed by atoms with Crippen molar-refractivity contribution in [2.75, 3.05) is 17.3 Å². The van der Waals surface area contributed by atoms with Gasteiger partial charge in [0, 0.05) is 24.5 Å². The highest BCUT2D eigenvalue weighted by atomic mass is 35.5. The van der Waals surface area contributed by atoms with Crippen LogP contribution in [0.4, 0.5) is 5.69 Å². The molecule has 0 spiro atoms. The number of hydrogen-bond acceptors (Lipinski definition) is 1. The van der Waals surface area contributed by atoms with Crippen LogP contribution in [0.1, 0.15) is 36.8 Å². The van der Waals surface area contributed by atoms with Crippen molar-refractivity contribution in [2.24, 2.45) is 0 Å². The Morgan fingerprint density at radius 2 is 2.22 bits per heavy atom. The quantitative estimate of drug-likeness (QED) is 0.601. The number of aryl methyl sites for hydroxylation is 2. The fourth-order valence-electron chi connectivity index (χ4n) is 2.49. The molecular formula is C15H20ClNO. The van der Waals surface area contributed by atoms with Crippen LogP contribution in [0, 0.1) is 6.92 Å². The molecule has 2 rings (SSSR count). The molecule has 0 radical (unpaired) electrons. The lowest BCUT2D eigenvalue weighted by Crippen LogP contribution is -2.35. The van der Waals surface area contributed by atoms with Gasteiger partial charge >= 0.3 is 0 Å². The van der Waals surface area contributed by atoms with E-state index in [4.69, 9.17) is 11.6 Å². The molecule has 18 heavy (non-hydrogen) atoms. The average molecular weight is 266 g/mol. The van der Waals surface area contributed by atoms with E-state index in [1.54, 1.807) is 0 Å². The average Bonchev–Trinajstić information content (AvgIpc) is 2.37. The SMILES string of the molecule is Cc1ccc2c(c1)CCCN2C(=O)CCCCCl. The third-order valence-electron chi connectivity index (χ3n) is 3.43. The van der Waals surface area contributed by atoms with Gasteiger partial charge in [0.05, 0.1) is 0 Å². The number of rotatable bonds is 4. The molecule has 1 aliphatic rings. The van der Waals surface area contributed by atoms with Gasteiger partial charge in [-0.15, -0.1) is 11.6 Å². The summed E-state index contributed by atoms with van der Waals surface area (Å²) >= 11 is 5.64. The molecule has 0 atom stereocenters. The van der Waals surface area contributed by atoms with Crippen molar-refractivity contribution in [1.29, 1.82) is 0 Å². The zero-order valence-electron chi connectivity index (χ0n) is 10.9. The smallest absolute Gasteiger partial charge is 0.226 e. The predicted molar refractivity (Wildman–Crippen MR) is 76.4 cm³/mol. The second-order valence-corrected chi connectivity index (χ2v) is 5.31. The highest BCUT2D eigenvalue weighted by Gasteiger charge is 2.21. The van der Waals surface area contributed by atoms with Crippen LogP contribution in [-0.2, 0) is 11.2 Å². The van der Waals surface area contributed by atoms with E-state index in [1.165, 1.54) is 11.1 Å². The summed E-state index contributed by atoms with van der Waals surface area (Å²) in [6.45, 7) is 2.96. The van der Waals surface area contributed by atoms with E-state index in [-0.39, 0.29) is 5.91 Å². The number of nitrogens with zero attached hydrogens (tertiary/aromatic N) is 1. The third-order valence-corrected chi connectivity index (χ3v) is 3.70. The minimum Gasteiger partial charge on any atom is -0.312 e. The number of unbranched alkanes of at least 4 members (excludes halogenated alkanes) is 1. The van der Waals surface area contributed by atoms with Crippen LogP contribution in [-0.4, -0.2) is 18.3 Å². The highest BCUT2D eigenvalue weighted by Crippen LogP contribution is 2.28. The number of alkyl halides is 1. The number of amides is 1. The molecular weight excluding hydrogens is 246 g/mol. The summed E-state index contributed by atoms with van der Waals surface area (Å²) in [6, 6.07) is 6.38. The van der Waals surface area contributed by atoms with Crippen molar-refractivity contribution in [1.82, 2.24) is 0 Å². The zero-order chi connectivity index (χ0) is 13.0. The molecule has 98 valence electrons. The van der Waals surface area contributed by atoms with Gasteiger partial charge in [-0.3, -0.25) is 4.79 Å². The molecule has 2 nitrogen and oxygen atoms in total. The minimum atomic E-state index is 0.241. The number of carbonyl (C=O) groups excluding carboxylic acids is 1. The fourth-order valence-corrected chi connectivity index (χ4v) is 2.68. The second kappa shape index (κ2) is 6.24. The maximum atomic E-state index is 12.2. The molecule has 0 fully saturated rings. The first kappa shape index (κ1) is 13.4. The molecule has 1 heterocycles. The van der Waals surface area contributed by atoms with E-state index in [2.05, 4.69) is 25.1 Å². The van der Waals surface area contributed by atoms with Crippen molar-refractivity contribution < 1.29 is 4.79 Å². The normalized spacial score (nSPS) is 14.4. The van der Waals surface area contributed by atoms with Gasteiger partial charge in [-0.1, -0.05) is 17.7 Å². The molecule has 1 amide bonds. The molecule has 1 aromatic carbocycles. The fraction of sp³-hybridized carbons (Fsp3) is 0.533. The Labute approximate surface area is 114 Å². The lowest BCUT2D eigenvalue weighted by atomic mass is 9.99. The van der Waals surface area contributed by atoms with E-state index in [0.29, 0.717) is 12.3 Å². The second-order valence-electron chi connectivity index (χ2n) is 4.93. The van der Waals surface area contributed by atoms with E-state index in [1.807, 2.05) is 4.90 Å². The number of hydrogen-bond donors (Lipinski definition) is 0. The van der Waals surface area contributed by atoms with Gasteiger partial charge in [0.2, 0.25) is 5.91 Å². The molecule has 1 aliphatic heterocycles. The summed E-state index contributed by atoms with van der Waals surface area (Å²) in [5.74, 6) is 0.883. The van der Waals surface area contributed by atoms with Crippen molar-refractivity contribution >= 4 is 23.2 Å². The topological polar surface area (TPSA) is 20.3 Å². The molecule has 3 heteroatoms. The molecule has 1 aromatic rings. The summed E-state index contributed by atoms with van der Waals surface area (Å²) in [7, 11) is 0. The highest BCUT2D eigenvalue weighted by molar-refractivity contribution is 6.17. The van der Waals surface area contributed by atoms with Gasteiger partial charge in [-0.05, 0) is 44.2 Å². The van der Waals surface area contributed by atoms with Crippen LogP contribution in [0.15, 0.2) is 18.2 Å². The van der Waals surface area contributed by atoms with E-state index in [9.17, 15) is 4.79 Å². The van der Waals surface area contributed by atoms with Crippen LogP contribution < -0.4 is 4.90 Å². The van der Waals surface area contributed by atoms with Crippen LogP contribution in [0.2, 0.25) is 0 Å². The number of halogens is 1. The largest absolute Gasteiger partial charge is 0.312 e.